The van der Waals surface area contributed by atoms with Gasteiger partial charge in [-0.25, -0.2) is 9.18 Å². The third kappa shape index (κ3) is 2.41. The van der Waals surface area contributed by atoms with Crippen LogP contribution in [0.25, 0.3) is 0 Å². The molecule has 5 heteroatoms. The zero-order valence-corrected chi connectivity index (χ0v) is 13.7. The lowest BCUT2D eigenvalue weighted by molar-refractivity contribution is 0.0736. The van der Waals surface area contributed by atoms with Crippen LogP contribution in [-0.4, -0.2) is 36.2 Å². The van der Waals surface area contributed by atoms with Crippen LogP contribution in [-0.2, 0) is 4.74 Å². The summed E-state index contributed by atoms with van der Waals surface area (Å²) in [5, 5.41) is 3.22. The Balaban J connectivity index is 1.28. The third-order valence-electron chi connectivity index (χ3n) is 6.34. The summed E-state index contributed by atoms with van der Waals surface area (Å²) in [5.41, 5.74) is 1.01. The van der Waals surface area contributed by atoms with Crippen molar-refractivity contribution in [2.24, 2.45) is 17.8 Å². The van der Waals surface area contributed by atoms with E-state index in [2.05, 4.69) is 5.32 Å². The highest BCUT2D eigenvalue weighted by Crippen LogP contribution is 2.47. The number of benzene rings is 1. The quantitative estimate of drug-likeness (QED) is 0.925. The van der Waals surface area contributed by atoms with E-state index in [1.807, 2.05) is 4.90 Å². The molecule has 4 fully saturated rings. The SMILES string of the molecule is O=C(NC(c1ccc(F)cc1)C1CC1)N1CC2C3CCC(O3)C2C1. The molecule has 4 aliphatic rings. The molecule has 0 radical (unpaired) electrons. The number of likely N-dealkylation sites (tertiary alicyclic amines) is 1. The molecule has 0 aromatic heterocycles. The minimum atomic E-state index is -0.234. The monoisotopic (exact) mass is 330 g/mol. The molecule has 0 spiro atoms. The number of amides is 2. The first-order valence-electron chi connectivity index (χ1n) is 9.15. The summed E-state index contributed by atoms with van der Waals surface area (Å²) >= 11 is 0. The molecule has 3 aliphatic heterocycles. The highest BCUT2D eigenvalue weighted by atomic mass is 19.1. The molecule has 5 unspecified atom stereocenters. The van der Waals surface area contributed by atoms with Crippen LogP contribution in [0.4, 0.5) is 9.18 Å². The van der Waals surface area contributed by atoms with Crippen molar-refractivity contribution in [3.63, 3.8) is 0 Å². The molecular formula is C19H23FN2O2. The summed E-state index contributed by atoms with van der Waals surface area (Å²) in [6, 6.07) is 6.59. The molecule has 1 aromatic rings. The van der Waals surface area contributed by atoms with Gasteiger partial charge >= 0.3 is 6.03 Å². The molecule has 24 heavy (non-hydrogen) atoms. The maximum Gasteiger partial charge on any atom is 0.317 e. The smallest absolute Gasteiger partial charge is 0.317 e. The zero-order valence-electron chi connectivity index (χ0n) is 13.7. The molecule has 5 atom stereocenters. The van der Waals surface area contributed by atoms with Gasteiger partial charge in [-0.1, -0.05) is 12.1 Å². The number of halogens is 1. The van der Waals surface area contributed by atoms with E-state index in [-0.39, 0.29) is 17.9 Å². The summed E-state index contributed by atoms with van der Waals surface area (Å²) in [7, 11) is 0. The van der Waals surface area contributed by atoms with Gasteiger partial charge in [0.05, 0.1) is 18.2 Å². The molecule has 1 aliphatic carbocycles. The lowest BCUT2D eigenvalue weighted by Crippen LogP contribution is -2.42. The summed E-state index contributed by atoms with van der Waals surface area (Å²) in [5.74, 6) is 1.31. The van der Waals surface area contributed by atoms with Crippen LogP contribution in [0.1, 0.15) is 37.3 Å². The third-order valence-corrected chi connectivity index (χ3v) is 6.34. The Bertz CT molecular complexity index is 627. The van der Waals surface area contributed by atoms with E-state index < -0.39 is 0 Å². The maximum atomic E-state index is 13.2. The predicted octanol–water partition coefficient (Wildman–Crippen LogP) is 3.10. The first-order chi connectivity index (χ1) is 11.7. The lowest BCUT2D eigenvalue weighted by atomic mass is 9.82. The highest BCUT2D eigenvalue weighted by Gasteiger charge is 2.54. The number of hydrogen-bond acceptors (Lipinski definition) is 2. The summed E-state index contributed by atoms with van der Waals surface area (Å²) in [6.07, 6.45) is 5.31. The molecule has 1 aromatic carbocycles. The Morgan fingerprint density at radius 2 is 1.71 bits per heavy atom. The van der Waals surface area contributed by atoms with Crippen molar-refractivity contribution in [2.45, 2.75) is 43.9 Å². The number of nitrogens with zero attached hydrogens (tertiary/aromatic N) is 1. The van der Waals surface area contributed by atoms with Crippen LogP contribution >= 0.6 is 0 Å². The number of carbonyl (C=O) groups is 1. The Labute approximate surface area is 141 Å². The number of nitrogens with one attached hydrogen (secondary N) is 1. The number of hydrogen-bond donors (Lipinski definition) is 1. The minimum Gasteiger partial charge on any atom is -0.374 e. The van der Waals surface area contributed by atoms with Gasteiger partial charge < -0.3 is 15.0 Å². The average molecular weight is 330 g/mol. The first kappa shape index (κ1) is 14.7. The Kier molecular flexibility index (Phi) is 3.34. The van der Waals surface area contributed by atoms with Gasteiger partial charge in [0, 0.05) is 24.9 Å². The largest absolute Gasteiger partial charge is 0.374 e. The van der Waals surface area contributed by atoms with Gasteiger partial charge in [0.1, 0.15) is 5.82 Å². The number of ether oxygens (including phenoxy) is 1. The first-order valence-corrected chi connectivity index (χ1v) is 9.15. The maximum absolute atomic E-state index is 13.2. The van der Waals surface area contributed by atoms with E-state index in [1.165, 1.54) is 12.1 Å². The van der Waals surface area contributed by atoms with Gasteiger partial charge in [0.15, 0.2) is 0 Å². The van der Waals surface area contributed by atoms with Crippen molar-refractivity contribution >= 4 is 6.03 Å². The van der Waals surface area contributed by atoms with Gasteiger partial charge in [-0.05, 0) is 49.3 Å². The van der Waals surface area contributed by atoms with Crippen LogP contribution < -0.4 is 5.32 Å². The van der Waals surface area contributed by atoms with Crippen LogP contribution in [0.5, 0.6) is 0 Å². The van der Waals surface area contributed by atoms with Crippen LogP contribution in [0, 0.1) is 23.6 Å². The van der Waals surface area contributed by atoms with E-state index in [4.69, 9.17) is 4.74 Å². The normalized spacial score (nSPS) is 35.1. The molecule has 3 heterocycles. The van der Waals surface area contributed by atoms with Crippen molar-refractivity contribution in [1.29, 1.82) is 0 Å². The van der Waals surface area contributed by atoms with E-state index in [0.717, 1.165) is 44.3 Å². The van der Waals surface area contributed by atoms with Crippen molar-refractivity contribution in [2.75, 3.05) is 13.1 Å². The van der Waals surface area contributed by atoms with Crippen LogP contribution in [0.2, 0.25) is 0 Å². The van der Waals surface area contributed by atoms with E-state index in [9.17, 15) is 9.18 Å². The molecule has 1 saturated carbocycles. The van der Waals surface area contributed by atoms with E-state index in [1.54, 1.807) is 12.1 Å². The molecule has 3 saturated heterocycles. The van der Waals surface area contributed by atoms with Gasteiger partial charge in [-0.3, -0.25) is 0 Å². The number of carbonyl (C=O) groups excluding carboxylic acids is 1. The molecule has 5 rings (SSSR count). The number of urea groups is 1. The molecule has 1 N–H and O–H groups in total. The van der Waals surface area contributed by atoms with Crippen molar-refractivity contribution in [3.05, 3.63) is 35.6 Å². The van der Waals surface area contributed by atoms with Crippen molar-refractivity contribution in [1.82, 2.24) is 10.2 Å². The molecule has 2 bridgehead atoms. The molecule has 128 valence electrons. The standard InChI is InChI=1S/C19H23FN2O2/c20-13-5-3-12(4-6-13)18(11-1-2-11)21-19(23)22-9-14-15(10-22)17-8-7-16(14)24-17/h3-6,11,14-18H,1-2,7-10H2,(H,21,23). The van der Waals surface area contributed by atoms with Crippen molar-refractivity contribution in [3.8, 4) is 0 Å². The summed E-state index contributed by atoms with van der Waals surface area (Å²) < 4.78 is 19.2. The fourth-order valence-electron chi connectivity index (χ4n) is 4.92. The number of rotatable bonds is 3. The fourth-order valence-corrected chi connectivity index (χ4v) is 4.92. The Morgan fingerprint density at radius 3 is 2.29 bits per heavy atom. The molecule has 2 amide bonds. The van der Waals surface area contributed by atoms with Gasteiger partial charge in [0.25, 0.3) is 0 Å². The van der Waals surface area contributed by atoms with Crippen LogP contribution in [0.15, 0.2) is 24.3 Å². The summed E-state index contributed by atoms with van der Waals surface area (Å²) in [4.78, 5) is 14.8. The fraction of sp³-hybridized carbons (Fsp3) is 0.632. The second kappa shape index (κ2) is 5.45. The molecular weight excluding hydrogens is 307 g/mol. The van der Waals surface area contributed by atoms with Crippen molar-refractivity contribution < 1.29 is 13.9 Å². The van der Waals surface area contributed by atoms with Gasteiger partial charge in [0.2, 0.25) is 0 Å². The Morgan fingerprint density at radius 1 is 1.08 bits per heavy atom. The second-order valence-corrected chi connectivity index (χ2v) is 7.84. The van der Waals surface area contributed by atoms with E-state index >= 15 is 0 Å². The highest BCUT2D eigenvalue weighted by molar-refractivity contribution is 5.75. The van der Waals surface area contributed by atoms with Crippen LogP contribution in [0.3, 0.4) is 0 Å². The molecule has 4 nitrogen and oxygen atoms in total. The zero-order chi connectivity index (χ0) is 16.3. The van der Waals surface area contributed by atoms with E-state index in [0.29, 0.717) is 30.0 Å². The number of fused-ring (bicyclic) bond motifs is 5. The average Bonchev–Trinajstić information content (AvgIpc) is 3.03. The van der Waals surface area contributed by atoms with Gasteiger partial charge in [-0.15, -0.1) is 0 Å². The lowest BCUT2D eigenvalue weighted by Gasteiger charge is -2.25. The predicted molar refractivity (Wildman–Crippen MR) is 86.8 cm³/mol. The minimum absolute atomic E-state index is 0.00603. The van der Waals surface area contributed by atoms with Gasteiger partial charge in [-0.2, -0.15) is 0 Å². The topological polar surface area (TPSA) is 41.6 Å². The Hall–Kier alpha value is -1.62. The second-order valence-electron chi connectivity index (χ2n) is 7.84. The summed E-state index contributed by atoms with van der Waals surface area (Å²) in [6.45, 7) is 1.64.